The van der Waals surface area contributed by atoms with E-state index in [-0.39, 0.29) is 11.6 Å². The van der Waals surface area contributed by atoms with Crippen LogP contribution in [0, 0.1) is 12.7 Å². The minimum atomic E-state index is -0.928. The Kier molecular flexibility index (Phi) is 8.74. The molecule has 0 fully saturated rings. The highest BCUT2D eigenvalue weighted by Crippen LogP contribution is 2.24. The summed E-state index contributed by atoms with van der Waals surface area (Å²) in [6.45, 7) is 1.11. The summed E-state index contributed by atoms with van der Waals surface area (Å²) in [7, 11) is 1.22. The SMILES string of the molecule is COC(=O)C(Cc1ccccc1)NC(=O)COC(=O)/C=C/c1c(C)nn(-c2ccc(F)cc2)c1Cl. The Labute approximate surface area is 206 Å². The molecule has 0 aliphatic heterocycles. The number of methoxy groups -OCH3 is 1. The number of aromatic nitrogens is 2. The molecule has 3 aromatic rings. The standard InChI is InChI=1S/C25H23ClFN3O5/c1-16-20(24(26)30(29-16)19-10-8-18(27)9-11-19)12-13-23(32)35-15-22(31)28-21(25(33)34-2)14-17-6-4-3-5-7-17/h3-13,21H,14-15H2,1-2H3,(H,28,31)/b13-12+. The first-order valence-corrected chi connectivity index (χ1v) is 10.9. The van der Waals surface area contributed by atoms with Crippen molar-refractivity contribution < 1.29 is 28.2 Å². The molecule has 182 valence electrons. The summed E-state index contributed by atoms with van der Waals surface area (Å²) in [6, 6.07) is 13.8. The first-order valence-electron chi connectivity index (χ1n) is 10.6. The van der Waals surface area contributed by atoms with Crippen molar-refractivity contribution in [2.24, 2.45) is 0 Å². The molecule has 0 aliphatic carbocycles. The molecule has 2 aromatic carbocycles. The summed E-state index contributed by atoms with van der Waals surface area (Å²) in [5.41, 5.74) is 2.37. The van der Waals surface area contributed by atoms with E-state index in [2.05, 4.69) is 10.4 Å². The Morgan fingerprint density at radius 3 is 2.49 bits per heavy atom. The van der Waals surface area contributed by atoms with Crippen LogP contribution in [0.25, 0.3) is 11.8 Å². The third-order valence-electron chi connectivity index (χ3n) is 4.95. The van der Waals surface area contributed by atoms with E-state index < -0.39 is 36.3 Å². The second kappa shape index (κ2) is 11.9. The van der Waals surface area contributed by atoms with Gasteiger partial charge < -0.3 is 14.8 Å². The molecule has 0 bridgehead atoms. The van der Waals surface area contributed by atoms with E-state index in [0.29, 0.717) is 16.9 Å². The maximum Gasteiger partial charge on any atom is 0.331 e. The summed E-state index contributed by atoms with van der Waals surface area (Å²) in [5.74, 6) is -2.45. The molecule has 0 aliphatic rings. The molecule has 1 amide bonds. The zero-order valence-corrected chi connectivity index (χ0v) is 19.8. The quantitative estimate of drug-likeness (QED) is 0.358. The number of benzene rings is 2. The van der Waals surface area contributed by atoms with Crippen LogP contribution in [0.2, 0.25) is 5.15 Å². The number of nitrogens with zero attached hydrogens (tertiary/aromatic N) is 2. The minimum Gasteiger partial charge on any atom is -0.467 e. The van der Waals surface area contributed by atoms with Gasteiger partial charge in [0, 0.05) is 18.1 Å². The van der Waals surface area contributed by atoms with Gasteiger partial charge in [-0.25, -0.2) is 18.7 Å². The molecule has 1 heterocycles. The second-order valence-electron chi connectivity index (χ2n) is 7.45. The van der Waals surface area contributed by atoms with Gasteiger partial charge in [-0.1, -0.05) is 41.9 Å². The first-order chi connectivity index (χ1) is 16.8. The number of ether oxygens (including phenoxy) is 2. The van der Waals surface area contributed by atoms with Crippen molar-refractivity contribution in [2.75, 3.05) is 13.7 Å². The Balaban J connectivity index is 1.58. The number of aryl methyl sites for hydroxylation is 1. The van der Waals surface area contributed by atoms with E-state index in [4.69, 9.17) is 21.1 Å². The molecule has 1 unspecified atom stereocenters. The van der Waals surface area contributed by atoms with Gasteiger partial charge in [-0.2, -0.15) is 5.10 Å². The molecule has 0 saturated carbocycles. The van der Waals surface area contributed by atoms with Gasteiger partial charge in [0.25, 0.3) is 5.91 Å². The number of rotatable bonds is 9. The zero-order valence-electron chi connectivity index (χ0n) is 19.0. The number of nitrogens with one attached hydrogen (secondary N) is 1. The van der Waals surface area contributed by atoms with E-state index in [1.807, 2.05) is 30.3 Å². The number of hydrogen-bond donors (Lipinski definition) is 1. The van der Waals surface area contributed by atoms with Gasteiger partial charge in [0.1, 0.15) is 17.0 Å². The number of esters is 2. The van der Waals surface area contributed by atoms with Gasteiger partial charge in [-0.3, -0.25) is 4.79 Å². The van der Waals surface area contributed by atoms with Gasteiger partial charge in [-0.15, -0.1) is 0 Å². The molecule has 1 atom stereocenters. The second-order valence-corrected chi connectivity index (χ2v) is 7.81. The third kappa shape index (κ3) is 7.00. The van der Waals surface area contributed by atoms with E-state index >= 15 is 0 Å². The van der Waals surface area contributed by atoms with Crippen LogP contribution in [0.15, 0.2) is 60.7 Å². The predicted molar refractivity (Wildman–Crippen MR) is 127 cm³/mol. The molecular weight excluding hydrogens is 477 g/mol. The normalized spacial score (nSPS) is 11.8. The largest absolute Gasteiger partial charge is 0.467 e. The topological polar surface area (TPSA) is 99.5 Å². The van der Waals surface area contributed by atoms with Crippen molar-refractivity contribution in [3.05, 3.63) is 88.5 Å². The third-order valence-corrected chi connectivity index (χ3v) is 5.32. The monoisotopic (exact) mass is 499 g/mol. The molecule has 0 radical (unpaired) electrons. The number of carbonyl (C=O) groups excluding carboxylic acids is 3. The van der Waals surface area contributed by atoms with Crippen LogP contribution in [-0.4, -0.2) is 47.4 Å². The Bertz CT molecular complexity index is 1230. The summed E-state index contributed by atoms with van der Waals surface area (Å²) < 4.78 is 24.3. The van der Waals surface area contributed by atoms with Crippen molar-refractivity contribution in [3.8, 4) is 5.69 Å². The van der Waals surface area contributed by atoms with Crippen LogP contribution in [0.3, 0.4) is 0 Å². The Hall–Kier alpha value is -3.98. The minimum absolute atomic E-state index is 0.220. The fourth-order valence-corrected chi connectivity index (χ4v) is 3.55. The predicted octanol–water partition coefficient (Wildman–Crippen LogP) is 3.43. The van der Waals surface area contributed by atoms with Gasteiger partial charge in [0.2, 0.25) is 0 Å². The van der Waals surface area contributed by atoms with Gasteiger partial charge in [0.05, 0.1) is 18.5 Å². The van der Waals surface area contributed by atoms with Gasteiger partial charge >= 0.3 is 11.9 Å². The molecular formula is C25H23ClFN3O5. The van der Waals surface area contributed by atoms with Crippen LogP contribution < -0.4 is 5.32 Å². The Morgan fingerprint density at radius 2 is 1.83 bits per heavy atom. The summed E-state index contributed by atoms with van der Waals surface area (Å²) >= 11 is 6.38. The van der Waals surface area contributed by atoms with Crippen molar-refractivity contribution in [3.63, 3.8) is 0 Å². The number of amides is 1. The zero-order chi connectivity index (χ0) is 25.4. The molecule has 0 saturated heterocycles. The van der Waals surface area contributed by atoms with Crippen molar-refractivity contribution in [1.82, 2.24) is 15.1 Å². The first kappa shape index (κ1) is 25.6. The lowest BCUT2D eigenvalue weighted by atomic mass is 10.1. The molecule has 10 heteroatoms. The summed E-state index contributed by atoms with van der Waals surface area (Å²) in [4.78, 5) is 36.4. The fraction of sp³-hybridized carbons (Fsp3) is 0.200. The highest BCUT2D eigenvalue weighted by Gasteiger charge is 2.22. The number of halogens is 2. The molecule has 1 aromatic heterocycles. The molecule has 0 spiro atoms. The lowest BCUT2D eigenvalue weighted by Crippen LogP contribution is -2.44. The smallest absolute Gasteiger partial charge is 0.331 e. The van der Waals surface area contributed by atoms with Crippen LogP contribution in [0.4, 0.5) is 4.39 Å². The highest BCUT2D eigenvalue weighted by molar-refractivity contribution is 6.31. The molecule has 8 nitrogen and oxygen atoms in total. The molecule has 1 N–H and O–H groups in total. The summed E-state index contributed by atoms with van der Waals surface area (Å²) in [6.07, 6.45) is 2.75. The number of carbonyl (C=O) groups is 3. The van der Waals surface area contributed by atoms with E-state index in [0.717, 1.165) is 11.6 Å². The van der Waals surface area contributed by atoms with Crippen LogP contribution in [0.5, 0.6) is 0 Å². The van der Waals surface area contributed by atoms with Gasteiger partial charge in [0.15, 0.2) is 6.61 Å². The van der Waals surface area contributed by atoms with E-state index in [9.17, 15) is 18.8 Å². The van der Waals surface area contributed by atoms with Crippen LogP contribution >= 0.6 is 11.6 Å². The molecule has 3 rings (SSSR count). The maximum atomic E-state index is 13.2. The van der Waals surface area contributed by atoms with Crippen molar-refractivity contribution in [2.45, 2.75) is 19.4 Å². The van der Waals surface area contributed by atoms with Crippen molar-refractivity contribution in [1.29, 1.82) is 0 Å². The lowest BCUT2D eigenvalue weighted by molar-refractivity contribution is -0.147. The van der Waals surface area contributed by atoms with Crippen molar-refractivity contribution >= 4 is 35.5 Å². The lowest BCUT2D eigenvalue weighted by Gasteiger charge is -2.16. The van der Waals surface area contributed by atoms with Crippen LogP contribution in [0.1, 0.15) is 16.8 Å². The number of hydrogen-bond acceptors (Lipinski definition) is 6. The Morgan fingerprint density at radius 1 is 1.14 bits per heavy atom. The van der Waals surface area contributed by atoms with Crippen LogP contribution in [-0.2, 0) is 30.3 Å². The highest BCUT2D eigenvalue weighted by atomic mass is 35.5. The average Bonchev–Trinajstić information content (AvgIpc) is 3.14. The van der Waals surface area contributed by atoms with Gasteiger partial charge in [-0.05, 0) is 42.8 Å². The molecule has 35 heavy (non-hydrogen) atoms. The maximum absolute atomic E-state index is 13.2. The van der Waals surface area contributed by atoms with E-state index in [1.54, 1.807) is 6.92 Å². The van der Waals surface area contributed by atoms with E-state index in [1.165, 1.54) is 42.1 Å². The summed E-state index contributed by atoms with van der Waals surface area (Å²) in [5, 5.41) is 7.04. The average molecular weight is 500 g/mol. The fourth-order valence-electron chi connectivity index (χ4n) is 3.21.